The normalized spacial score (nSPS) is 24.4. The average Bonchev–Trinajstić information content (AvgIpc) is 2.67. The first-order valence-electron chi connectivity index (χ1n) is 7.45. The van der Waals surface area contributed by atoms with E-state index in [0.717, 1.165) is 45.0 Å². The molecule has 1 aromatic rings. The maximum absolute atomic E-state index is 6.04. The molecule has 0 saturated carbocycles. The van der Waals surface area contributed by atoms with Gasteiger partial charge in [0.15, 0.2) is 0 Å². The molecule has 1 aromatic carbocycles. The summed E-state index contributed by atoms with van der Waals surface area (Å²) < 4.78 is 6.04. The minimum absolute atomic E-state index is 0.541. The van der Waals surface area contributed by atoms with Gasteiger partial charge in [-0.05, 0) is 37.8 Å². The molecular weight excluding hydrogens is 236 g/mol. The maximum atomic E-state index is 6.04. The van der Waals surface area contributed by atoms with E-state index < -0.39 is 0 Å². The second-order valence-corrected chi connectivity index (χ2v) is 5.73. The zero-order valence-corrected chi connectivity index (χ0v) is 12.0. The van der Waals surface area contributed by atoms with Crippen molar-refractivity contribution in [2.24, 2.45) is 0 Å². The Morgan fingerprint density at radius 2 is 1.89 bits per heavy atom. The van der Waals surface area contributed by atoms with Gasteiger partial charge in [0, 0.05) is 37.8 Å². The lowest BCUT2D eigenvalue weighted by molar-refractivity contribution is 0.165. The first-order chi connectivity index (χ1) is 9.27. The molecule has 104 valence electrons. The van der Waals surface area contributed by atoms with Crippen molar-refractivity contribution in [3.8, 4) is 5.75 Å². The quantitative estimate of drug-likeness (QED) is 0.839. The van der Waals surface area contributed by atoms with Gasteiger partial charge in [0.1, 0.15) is 5.75 Å². The van der Waals surface area contributed by atoms with E-state index in [0.29, 0.717) is 6.04 Å². The van der Waals surface area contributed by atoms with E-state index in [1.54, 1.807) is 0 Å². The van der Waals surface area contributed by atoms with Gasteiger partial charge in [-0.25, -0.2) is 0 Å². The van der Waals surface area contributed by atoms with Gasteiger partial charge in [0.25, 0.3) is 0 Å². The van der Waals surface area contributed by atoms with Crippen molar-refractivity contribution in [1.82, 2.24) is 10.2 Å². The van der Waals surface area contributed by atoms with Gasteiger partial charge in [-0.3, -0.25) is 4.90 Å². The molecule has 1 saturated heterocycles. The molecule has 0 amide bonds. The molecular formula is C16H24N2O. The van der Waals surface area contributed by atoms with E-state index in [1.807, 2.05) is 0 Å². The SMILES string of the molecule is Cc1ccc(C)c2c1OCCCC2N1CCNCC1. The zero-order valence-electron chi connectivity index (χ0n) is 12.0. The number of piperazine rings is 1. The van der Waals surface area contributed by atoms with E-state index >= 15 is 0 Å². The fourth-order valence-corrected chi connectivity index (χ4v) is 3.37. The second-order valence-electron chi connectivity index (χ2n) is 5.73. The van der Waals surface area contributed by atoms with Crippen LogP contribution < -0.4 is 10.1 Å². The van der Waals surface area contributed by atoms with E-state index in [1.165, 1.54) is 23.1 Å². The fraction of sp³-hybridized carbons (Fsp3) is 0.625. The molecule has 3 nitrogen and oxygen atoms in total. The first-order valence-corrected chi connectivity index (χ1v) is 7.45. The summed E-state index contributed by atoms with van der Waals surface area (Å²) in [6.45, 7) is 9.77. The number of hydrogen-bond donors (Lipinski definition) is 1. The third kappa shape index (κ3) is 2.49. The molecule has 1 unspecified atom stereocenters. The standard InChI is InChI=1S/C16H24N2O/c1-12-5-6-13(2)16-15(12)14(4-3-11-19-16)18-9-7-17-8-10-18/h5-6,14,17H,3-4,7-11H2,1-2H3. The van der Waals surface area contributed by atoms with Crippen LogP contribution in [0.1, 0.15) is 35.6 Å². The Hall–Kier alpha value is -1.06. The van der Waals surface area contributed by atoms with Gasteiger partial charge >= 0.3 is 0 Å². The molecule has 2 aliphatic rings. The Morgan fingerprint density at radius 3 is 2.68 bits per heavy atom. The van der Waals surface area contributed by atoms with Crippen LogP contribution >= 0.6 is 0 Å². The molecule has 1 N–H and O–H groups in total. The molecule has 1 atom stereocenters. The Labute approximate surface area is 115 Å². The van der Waals surface area contributed by atoms with Crippen LogP contribution in [-0.2, 0) is 0 Å². The fourth-order valence-electron chi connectivity index (χ4n) is 3.37. The van der Waals surface area contributed by atoms with Crippen LogP contribution in [0.25, 0.3) is 0 Å². The van der Waals surface area contributed by atoms with E-state index in [9.17, 15) is 0 Å². The molecule has 2 aliphatic heterocycles. The Bertz CT molecular complexity index is 452. The van der Waals surface area contributed by atoms with Crippen LogP contribution in [0.5, 0.6) is 5.75 Å². The topological polar surface area (TPSA) is 24.5 Å². The molecule has 0 aromatic heterocycles. The number of benzene rings is 1. The number of nitrogens with one attached hydrogen (secondary N) is 1. The predicted molar refractivity (Wildman–Crippen MR) is 77.8 cm³/mol. The summed E-state index contributed by atoms with van der Waals surface area (Å²) in [6.07, 6.45) is 2.37. The van der Waals surface area contributed by atoms with Gasteiger partial charge in [-0.2, -0.15) is 0 Å². The van der Waals surface area contributed by atoms with Crippen molar-refractivity contribution in [3.05, 3.63) is 28.8 Å². The van der Waals surface area contributed by atoms with Crippen molar-refractivity contribution in [3.63, 3.8) is 0 Å². The summed E-state index contributed by atoms with van der Waals surface area (Å²) in [5.74, 6) is 1.15. The van der Waals surface area contributed by atoms with Crippen LogP contribution in [0.15, 0.2) is 12.1 Å². The Morgan fingerprint density at radius 1 is 1.16 bits per heavy atom. The van der Waals surface area contributed by atoms with Crippen molar-refractivity contribution in [1.29, 1.82) is 0 Å². The van der Waals surface area contributed by atoms with Crippen LogP contribution in [0.4, 0.5) is 0 Å². The number of rotatable bonds is 1. The molecule has 3 rings (SSSR count). The molecule has 3 heteroatoms. The van der Waals surface area contributed by atoms with E-state index in [2.05, 4.69) is 36.2 Å². The van der Waals surface area contributed by atoms with Crippen LogP contribution in [0.3, 0.4) is 0 Å². The lowest BCUT2D eigenvalue weighted by atomic mass is 9.93. The van der Waals surface area contributed by atoms with Gasteiger partial charge in [-0.1, -0.05) is 12.1 Å². The monoisotopic (exact) mass is 260 g/mol. The summed E-state index contributed by atoms with van der Waals surface area (Å²) in [6, 6.07) is 4.98. The van der Waals surface area contributed by atoms with Crippen molar-refractivity contribution >= 4 is 0 Å². The number of hydrogen-bond acceptors (Lipinski definition) is 3. The average molecular weight is 260 g/mol. The minimum atomic E-state index is 0.541. The van der Waals surface area contributed by atoms with Crippen molar-refractivity contribution in [2.45, 2.75) is 32.7 Å². The van der Waals surface area contributed by atoms with Crippen molar-refractivity contribution < 1.29 is 4.74 Å². The number of nitrogens with zero attached hydrogens (tertiary/aromatic N) is 1. The molecule has 19 heavy (non-hydrogen) atoms. The smallest absolute Gasteiger partial charge is 0.127 e. The summed E-state index contributed by atoms with van der Waals surface area (Å²) in [4.78, 5) is 2.64. The zero-order chi connectivity index (χ0) is 13.2. The highest BCUT2D eigenvalue weighted by molar-refractivity contribution is 5.48. The number of ether oxygens (including phenoxy) is 1. The molecule has 0 spiro atoms. The third-order valence-corrected chi connectivity index (χ3v) is 4.40. The van der Waals surface area contributed by atoms with Crippen LogP contribution in [0.2, 0.25) is 0 Å². The van der Waals surface area contributed by atoms with Crippen LogP contribution in [-0.4, -0.2) is 37.7 Å². The summed E-state index contributed by atoms with van der Waals surface area (Å²) >= 11 is 0. The van der Waals surface area contributed by atoms with Gasteiger partial charge in [0.05, 0.1) is 6.61 Å². The third-order valence-electron chi connectivity index (χ3n) is 4.40. The highest BCUT2D eigenvalue weighted by Gasteiger charge is 2.28. The maximum Gasteiger partial charge on any atom is 0.127 e. The second kappa shape index (κ2) is 5.51. The lowest BCUT2D eigenvalue weighted by Crippen LogP contribution is -2.45. The van der Waals surface area contributed by atoms with Gasteiger partial charge in [0.2, 0.25) is 0 Å². The van der Waals surface area contributed by atoms with E-state index in [-0.39, 0.29) is 0 Å². The highest BCUT2D eigenvalue weighted by atomic mass is 16.5. The minimum Gasteiger partial charge on any atom is -0.493 e. The summed E-state index contributed by atoms with van der Waals surface area (Å²) in [5, 5.41) is 3.45. The van der Waals surface area contributed by atoms with Gasteiger partial charge < -0.3 is 10.1 Å². The number of aryl methyl sites for hydroxylation is 2. The summed E-state index contributed by atoms with van der Waals surface area (Å²) in [7, 11) is 0. The molecule has 1 fully saturated rings. The molecule has 0 aliphatic carbocycles. The first kappa shape index (κ1) is 12.9. The molecule has 2 heterocycles. The largest absolute Gasteiger partial charge is 0.493 e. The molecule has 0 radical (unpaired) electrons. The van der Waals surface area contributed by atoms with Crippen LogP contribution in [0, 0.1) is 13.8 Å². The Kier molecular flexibility index (Phi) is 3.76. The molecule has 0 bridgehead atoms. The summed E-state index contributed by atoms with van der Waals surface area (Å²) in [5.41, 5.74) is 4.10. The Balaban J connectivity index is 2.00. The van der Waals surface area contributed by atoms with E-state index in [4.69, 9.17) is 4.74 Å². The van der Waals surface area contributed by atoms with Gasteiger partial charge in [-0.15, -0.1) is 0 Å². The lowest BCUT2D eigenvalue weighted by Gasteiger charge is -2.35. The van der Waals surface area contributed by atoms with Crippen molar-refractivity contribution in [2.75, 3.05) is 32.8 Å². The predicted octanol–water partition coefficient (Wildman–Crippen LogP) is 2.42. The highest BCUT2D eigenvalue weighted by Crippen LogP contribution is 2.39. The number of fused-ring (bicyclic) bond motifs is 1.